The highest BCUT2D eigenvalue weighted by Crippen LogP contribution is 2.18. The van der Waals surface area contributed by atoms with Gasteiger partial charge in [0.1, 0.15) is 11.5 Å². The fourth-order valence-electron chi connectivity index (χ4n) is 3.16. The minimum Gasteiger partial charge on any atom is -0.491 e. The zero-order chi connectivity index (χ0) is 22.3. The summed E-state index contributed by atoms with van der Waals surface area (Å²) in [6, 6.07) is 14.4. The summed E-state index contributed by atoms with van der Waals surface area (Å²) in [6.45, 7) is 7.23. The summed E-state index contributed by atoms with van der Waals surface area (Å²) >= 11 is 0. The highest BCUT2D eigenvalue weighted by Gasteiger charge is 2.17. The number of hydrogen-bond acceptors (Lipinski definition) is 6. The maximum absolute atomic E-state index is 12.3. The number of carbonyl (C=O) groups excluding carboxylic acids is 1. The maximum atomic E-state index is 12.3. The second kappa shape index (κ2) is 10.5. The third-order valence-corrected chi connectivity index (χ3v) is 5.81. The first-order valence-electron chi connectivity index (χ1n) is 10.3. The predicted molar refractivity (Wildman–Crippen MR) is 121 cm³/mol. The molecule has 2 aromatic rings. The van der Waals surface area contributed by atoms with Gasteiger partial charge in [-0.2, -0.15) is 0 Å². The first kappa shape index (κ1) is 22.9. The Hall–Kier alpha value is -2.78. The molecule has 0 bridgehead atoms. The fourth-order valence-corrected chi connectivity index (χ4v) is 4.17. The van der Waals surface area contributed by atoms with E-state index in [1.807, 2.05) is 38.1 Å². The molecule has 1 fully saturated rings. The zero-order valence-electron chi connectivity index (χ0n) is 17.8. The molecule has 2 N–H and O–H groups in total. The average molecular weight is 448 g/mol. The minimum absolute atomic E-state index is 0.0295. The van der Waals surface area contributed by atoms with E-state index in [0.717, 1.165) is 37.6 Å². The molecule has 0 unspecified atom stereocenters. The summed E-state index contributed by atoms with van der Waals surface area (Å²) in [5, 5.41) is 2.66. The SMILES string of the molecule is CC(C)Oc1ccc(NS(=O)(=O)CC(=O)NCc2ccc(N3CCOCC3)cc2)cc1. The Morgan fingerprint density at radius 3 is 2.32 bits per heavy atom. The Bertz CT molecular complexity index is 954. The summed E-state index contributed by atoms with van der Waals surface area (Å²) in [5.74, 6) is -0.567. The monoisotopic (exact) mass is 447 g/mol. The van der Waals surface area contributed by atoms with E-state index in [-0.39, 0.29) is 12.6 Å². The summed E-state index contributed by atoms with van der Waals surface area (Å²) in [6.07, 6.45) is 0.0295. The summed E-state index contributed by atoms with van der Waals surface area (Å²) in [7, 11) is -3.82. The van der Waals surface area contributed by atoms with E-state index in [1.54, 1.807) is 24.3 Å². The van der Waals surface area contributed by atoms with Crippen molar-refractivity contribution in [2.45, 2.75) is 26.5 Å². The number of anilines is 2. The van der Waals surface area contributed by atoms with Crippen LogP contribution in [0.4, 0.5) is 11.4 Å². The average Bonchev–Trinajstić information content (AvgIpc) is 2.74. The predicted octanol–water partition coefficient (Wildman–Crippen LogP) is 2.37. The fraction of sp³-hybridized carbons (Fsp3) is 0.409. The number of sulfonamides is 1. The lowest BCUT2D eigenvalue weighted by atomic mass is 10.2. The van der Waals surface area contributed by atoms with Gasteiger partial charge in [-0.15, -0.1) is 0 Å². The normalized spacial score (nSPS) is 14.4. The second-order valence-electron chi connectivity index (χ2n) is 7.59. The Balaban J connectivity index is 1.47. The number of hydrogen-bond donors (Lipinski definition) is 2. The number of ether oxygens (including phenoxy) is 2. The summed E-state index contributed by atoms with van der Waals surface area (Å²) in [4.78, 5) is 14.4. The zero-order valence-corrected chi connectivity index (χ0v) is 18.7. The van der Waals surface area contributed by atoms with Gasteiger partial charge in [0.25, 0.3) is 0 Å². The Morgan fingerprint density at radius 1 is 1.06 bits per heavy atom. The lowest BCUT2D eigenvalue weighted by Crippen LogP contribution is -2.36. The van der Waals surface area contributed by atoms with Crippen LogP contribution in [0.1, 0.15) is 19.4 Å². The van der Waals surface area contributed by atoms with E-state index < -0.39 is 21.7 Å². The first-order valence-corrected chi connectivity index (χ1v) is 11.9. The topological polar surface area (TPSA) is 97.0 Å². The first-order chi connectivity index (χ1) is 14.8. The van der Waals surface area contributed by atoms with Crippen molar-refractivity contribution in [2.75, 3.05) is 41.7 Å². The van der Waals surface area contributed by atoms with E-state index in [4.69, 9.17) is 9.47 Å². The van der Waals surface area contributed by atoms with Gasteiger partial charge in [-0.3, -0.25) is 9.52 Å². The van der Waals surface area contributed by atoms with Crippen LogP contribution in [0.25, 0.3) is 0 Å². The van der Waals surface area contributed by atoms with E-state index in [1.165, 1.54) is 0 Å². The highest BCUT2D eigenvalue weighted by molar-refractivity contribution is 7.93. The van der Waals surface area contributed by atoms with Crippen molar-refractivity contribution in [2.24, 2.45) is 0 Å². The van der Waals surface area contributed by atoms with Gasteiger partial charge in [-0.25, -0.2) is 8.42 Å². The van der Waals surface area contributed by atoms with Gasteiger partial charge in [0, 0.05) is 31.0 Å². The van der Waals surface area contributed by atoms with Crippen LogP contribution in [-0.2, 0) is 26.1 Å². The molecule has 0 atom stereocenters. The largest absolute Gasteiger partial charge is 0.491 e. The van der Waals surface area contributed by atoms with Gasteiger partial charge in [0.15, 0.2) is 0 Å². The second-order valence-corrected chi connectivity index (χ2v) is 9.32. The number of nitrogens with zero attached hydrogens (tertiary/aromatic N) is 1. The minimum atomic E-state index is -3.82. The van der Waals surface area contributed by atoms with Crippen LogP contribution in [-0.4, -0.2) is 52.5 Å². The molecule has 3 rings (SSSR count). The quantitative estimate of drug-likeness (QED) is 0.613. The number of carbonyl (C=O) groups is 1. The van der Waals surface area contributed by atoms with Gasteiger partial charge in [0.2, 0.25) is 15.9 Å². The Kier molecular flexibility index (Phi) is 7.75. The van der Waals surface area contributed by atoms with Crippen LogP contribution in [0, 0.1) is 0 Å². The lowest BCUT2D eigenvalue weighted by molar-refractivity contribution is -0.118. The van der Waals surface area contributed by atoms with Gasteiger partial charge in [0.05, 0.1) is 19.3 Å². The van der Waals surface area contributed by atoms with E-state index in [9.17, 15) is 13.2 Å². The van der Waals surface area contributed by atoms with Crippen LogP contribution in [0.3, 0.4) is 0 Å². The van der Waals surface area contributed by atoms with E-state index in [2.05, 4.69) is 14.9 Å². The molecule has 31 heavy (non-hydrogen) atoms. The van der Waals surface area contributed by atoms with Crippen LogP contribution in [0.5, 0.6) is 5.75 Å². The molecule has 0 aliphatic carbocycles. The molecule has 1 aliphatic rings. The van der Waals surface area contributed by atoms with Crippen molar-refractivity contribution in [3.63, 3.8) is 0 Å². The van der Waals surface area contributed by atoms with Gasteiger partial charge >= 0.3 is 0 Å². The van der Waals surface area contributed by atoms with Crippen molar-refractivity contribution >= 4 is 27.3 Å². The summed E-state index contributed by atoms with van der Waals surface area (Å²) in [5.41, 5.74) is 2.38. The number of morpholine rings is 1. The van der Waals surface area contributed by atoms with Crippen molar-refractivity contribution in [1.29, 1.82) is 0 Å². The molecule has 0 aromatic heterocycles. The molecular formula is C22H29N3O5S. The Labute approximate surface area is 183 Å². The molecule has 0 saturated carbocycles. The smallest absolute Gasteiger partial charge is 0.241 e. The van der Waals surface area contributed by atoms with Crippen LogP contribution in [0.15, 0.2) is 48.5 Å². The van der Waals surface area contributed by atoms with Crippen LogP contribution < -0.4 is 19.7 Å². The van der Waals surface area contributed by atoms with Crippen molar-refractivity contribution in [3.8, 4) is 5.75 Å². The van der Waals surface area contributed by atoms with Crippen molar-refractivity contribution in [1.82, 2.24) is 5.32 Å². The molecule has 0 spiro atoms. The van der Waals surface area contributed by atoms with Crippen LogP contribution in [0.2, 0.25) is 0 Å². The molecule has 1 heterocycles. The highest BCUT2D eigenvalue weighted by atomic mass is 32.2. The maximum Gasteiger partial charge on any atom is 0.241 e. The Morgan fingerprint density at radius 2 is 1.71 bits per heavy atom. The molecular weight excluding hydrogens is 418 g/mol. The number of amides is 1. The van der Waals surface area contributed by atoms with Crippen molar-refractivity contribution in [3.05, 3.63) is 54.1 Å². The summed E-state index contributed by atoms with van der Waals surface area (Å²) < 4.78 is 37.9. The molecule has 8 nitrogen and oxygen atoms in total. The van der Waals surface area contributed by atoms with Gasteiger partial charge in [-0.05, 0) is 55.8 Å². The number of nitrogens with one attached hydrogen (secondary N) is 2. The van der Waals surface area contributed by atoms with Gasteiger partial charge in [-0.1, -0.05) is 12.1 Å². The third-order valence-electron chi connectivity index (χ3n) is 4.62. The number of benzene rings is 2. The van der Waals surface area contributed by atoms with E-state index >= 15 is 0 Å². The molecule has 168 valence electrons. The molecule has 9 heteroatoms. The lowest BCUT2D eigenvalue weighted by Gasteiger charge is -2.28. The molecule has 0 radical (unpaired) electrons. The van der Waals surface area contributed by atoms with Crippen LogP contribution >= 0.6 is 0 Å². The molecule has 1 aliphatic heterocycles. The molecule has 1 saturated heterocycles. The van der Waals surface area contributed by atoms with Gasteiger partial charge < -0.3 is 19.7 Å². The number of rotatable bonds is 9. The molecule has 2 aromatic carbocycles. The van der Waals surface area contributed by atoms with E-state index in [0.29, 0.717) is 11.4 Å². The standard InChI is InChI=1S/C22H29N3O5S/c1-17(2)30-21-9-5-19(6-10-21)24-31(27,28)16-22(26)23-15-18-3-7-20(8-4-18)25-11-13-29-14-12-25/h3-10,17,24H,11-16H2,1-2H3,(H,23,26). The third kappa shape index (κ3) is 7.45. The molecule has 1 amide bonds. The van der Waals surface area contributed by atoms with Crippen molar-refractivity contribution < 1.29 is 22.7 Å².